The van der Waals surface area contributed by atoms with Crippen molar-refractivity contribution in [2.75, 3.05) is 11.4 Å². The molecule has 0 unspecified atom stereocenters. The molecule has 0 bridgehead atoms. The largest absolute Gasteiger partial charge is 0.406 e. The molecule has 3 aromatic heterocycles. The van der Waals surface area contributed by atoms with Crippen molar-refractivity contribution in [3.8, 4) is 11.3 Å². The Hall–Kier alpha value is -3.93. The van der Waals surface area contributed by atoms with Gasteiger partial charge in [-0.15, -0.1) is 0 Å². The van der Waals surface area contributed by atoms with Crippen LogP contribution in [0, 0.1) is 0 Å². The highest BCUT2D eigenvalue weighted by Gasteiger charge is 2.47. The van der Waals surface area contributed by atoms with Gasteiger partial charge in [-0.1, -0.05) is 29.8 Å². The van der Waals surface area contributed by atoms with Crippen molar-refractivity contribution in [3.63, 3.8) is 0 Å². The van der Waals surface area contributed by atoms with Gasteiger partial charge in [0.1, 0.15) is 6.54 Å². The van der Waals surface area contributed by atoms with Gasteiger partial charge in [-0.3, -0.25) is 14.6 Å². The molecule has 9 nitrogen and oxygen atoms in total. The average molecular weight is 547 g/mol. The van der Waals surface area contributed by atoms with Crippen LogP contribution in [0.15, 0.2) is 52.3 Å². The van der Waals surface area contributed by atoms with Crippen LogP contribution in [0.2, 0.25) is 5.15 Å². The Kier molecular flexibility index (Phi) is 6.17. The molecule has 13 heteroatoms. The second-order valence-electron chi connectivity index (χ2n) is 9.71. The minimum Gasteiger partial charge on any atom is -0.313 e. The average Bonchev–Trinajstić information content (AvgIpc) is 3.61. The Labute approximate surface area is 218 Å². The maximum Gasteiger partial charge on any atom is 0.406 e. The summed E-state index contributed by atoms with van der Waals surface area (Å²) < 4.78 is 38.8. The first-order valence-corrected chi connectivity index (χ1v) is 12.1. The molecular formula is C25H22ClF3N6O3. The number of aromatic amines is 2. The normalized spacial score (nSPS) is 16.4. The maximum atomic E-state index is 12.4. The van der Waals surface area contributed by atoms with E-state index in [0.29, 0.717) is 39.2 Å². The maximum absolute atomic E-state index is 12.4. The van der Waals surface area contributed by atoms with Crippen molar-refractivity contribution in [1.29, 1.82) is 0 Å². The molecule has 1 fully saturated rings. The molecule has 0 atom stereocenters. The fourth-order valence-electron chi connectivity index (χ4n) is 4.53. The molecule has 0 saturated heterocycles. The Bertz CT molecular complexity index is 1670. The number of amides is 1. The van der Waals surface area contributed by atoms with Gasteiger partial charge >= 0.3 is 11.9 Å². The van der Waals surface area contributed by atoms with E-state index in [1.807, 2.05) is 6.07 Å². The number of alkyl halides is 3. The van der Waals surface area contributed by atoms with Crippen LogP contribution in [0.25, 0.3) is 16.9 Å². The molecule has 4 heterocycles. The molecule has 198 valence electrons. The van der Waals surface area contributed by atoms with Crippen LogP contribution >= 0.6 is 11.6 Å². The number of nitrogens with zero attached hydrogens (tertiary/aromatic N) is 4. The van der Waals surface area contributed by atoms with E-state index in [0.717, 1.165) is 23.3 Å². The first-order valence-electron chi connectivity index (χ1n) is 11.7. The molecule has 6 rings (SSSR count). The van der Waals surface area contributed by atoms with Gasteiger partial charge in [0.2, 0.25) is 5.91 Å². The zero-order valence-electron chi connectivity index (χ0n) is 20.3. The number of hydrogen-bond acceptors (Lipinski definition) is 5. The lowest BCUT2D eigenvalue weighted by molar-refractivity contribution is -0.134. The van der Waals surface area contributed by atoms with Crippen molar-refractivity contribution < 1.29 is 18.0 Å². The quantitative estimate of drug-likeness (QED) is 0.400. The van der Waals surface area contributed by atoms with E-state index >= 15 is 0 Å². The van der Waals surface area contributed by atoms with Gasteiger partial charge in [-0.05, 0) is 50.3 Å². The molecule has 38 heavy (non-hydrogen) atoms. The number of nitrogens with one attached hydrogen (secondary N) is 2. The van der Waals surface area contributed by atoms with E-state index in [-0.39, 0.29) is 0 Å². The van der Waals surface area contributed by atoms with E-state index in [1.54, 1.807) is 38.1 Å². The molecule has 1 saturated carbocycles. The summed E-state index contributed by atoms with van der Waals surface area (Å²) >= 11 is 6.09. The highest BCUT2D eigenvalue weighted by atomic mass is 35.5. The first-order chi connectivity index (χ1) is 17.9. The fourth-order valence-corrected chi connectivity index (χ4v) is 4.69. The number of rotatable bonds is 3. The number of para-hydroxylation sites is 1. The van der Waals surface area contributed by atoms with E-state index < -0.39 is 35.3 Å². The Morgan fingerprint density at radius 1 is 1.16 bits per heavy atom. The minimum absolute atomic E-state index is 0.295. The highest BCUT2D eigenvalue weighted by molar-refractivity contribution is 6.29. The van der Waals surface area contributed by atoms with Crippen molar-refractivity contribution in [2.24, 2.45) is 0 Å². The molecule has 1 amide bonds. The molecule has 0 spiro atoms. The second-order valence-corrected chi connectivity index (χ2v) is 10.1. The third-order valence-corrected chi connectivity index (χ3v) is 6.81. The summed E-state index contributed by atoms with van der Waals surface area (Å²) in [6.45, 7) is 2.06. The molecule has 1 aliphatic heterocycles. The topological polar surface area (TPSA) is 116 Å². The smallest absolute Gasteiger partial charge is 0.313 e. The summed E-state index contributed by atoms with van der Waals surface area (Å²) in [5, 5.41) is 4.73. The second kappa shape index (κ2) is 9.12. The third kappa shape index (κ3) is 4.71. The number of carbonyl (C=O) groups is 1. The van der Waals surface area contributed by atoms with Crippen molar-refractivity contribution in [3.05, 3.63) is 79.8 Å². The third-order valence-electron chi connectivity index (χ3n) is 6.55. The number of aromatic nitrogens is 5. The van der Waals surface area contributed by atoms with Gasteiger partial charge in [0, 0.05) is 17.4 Å². The Morgan fingerprint density at radius 3 is 2.53 bits per heavy atom. The first kappa shape index (κ1) is 25.7. The summed E-state index contributed by atoms with van der Waals surface area (Å²) in [4.78, 5) is 44.8. The summed E-state index contributed by atoms with van der Waals surface area (Å²) in [5.41, 5.74) is 1.59. The zero-order valence-corrected chi connectivity index (χ0v) is 21.0. The minimum atomic E-state index is -4.39. The van der Waals surface area contributed by atoms with Crippen molar-refractivity contribution >= 4 is 28.8 Å². The summed E-state index contributed by atoms with van der Waals surface area (Å²) in [5.74, 6) is -0.0782. The molecule has 4 aromatic rings. The summed E-state index contributed by atoms with van der Waals surface area (Å²) in [6.07, 6.45) is 0.688. The van der Waals surface area contributed by atoms with E-state index in [9.17, 15) is 27.6 Å². The van der Waals surface area contributed by atoms with Gasteiger partial charge in [-0.2, -0.15) is 18.3 Å². The van der Waals surface area contributed by atoms with Gasteiger partial charge in [-0.25, -0.2) is 14.3 Å². The number of benzene rings is 1. The standard InChI is InChI=1S/C13H10ClN5O2.C12H12F3NO/c14-10-5-15-11-7(6-1-2-6)3-9(18-19(10)11)8-4-16-13(21)17-12(8)20;1-11(2)8-5-3-4-6-9(8)16(10(11)17)7-12(13,14)15/h3-6H,1-2H2,(H2,16,17,20,21);3-6H,7H2,1-2H3. The highest BCUT2D eigenvalue weighted by Crippen LogP contribution is 2.43. The molecule has 1 aliphatic carbocycles. The number of hydrogen-bond donors (Lipinski definition) is 2. The van der Waals surface area contributed by atoms with Crippen LogP contribution in [0.3, 0.4) is 0 Å². The number of carbonyl (C=O) groups excluding carboxylic acids is 1. The molecule has 0 radical (unpaired) electrons. The van der Waals surface area contributed by atoms with Crippen molar-refractivity contribution in [1.82, 2.24) is 24.6 Å². The van der Waals surface area contributed by atoms with Crippen LogP contribution < -0.4 is 16.1 Å². The van der Waals surface area contributed by atoms with Gasteiger partial charge in [0.05, 0.1) is 22.9 Å². The van der Waals surface area contributed by atoms with E-state index in [1.165, 1.54) is 16.9 Å². The number of H-pyrrole nitrogens is 2. The van der Waals surface area contributed by atoms with E-state index in [4.69, 9.17) is 11.6 Å². The monoisotopic (exact) mass is 546 g/mol. The van der Waals surface area contributed by atoms with Crippen LogP contribution in [0.5, 0.6) is 0 Å². The molecular weight excluding hydrogens is 525 g/mol. The number of fused-ring (bicyclic) bond motifs is 2. The lowest BCUT2D eigenvalue weighted by Crippen LogP contribution is -2.41. The van der Waals surface area contributed by atoms with Crippen LogP contribution in [-0.2, 0) is 10.2 Å². The van der Waals surface area contributed by atoms with Gasteiger partial charge in [0.15, 0.2) is 10.8 Å². The number of imidazole rings is 1. The SMILES string of the molecule is CC1(C)C(=O)N(CC(F)(F)F)c2ccccc21.O=c1[nH]cc(-c2cc(C3CC3)c3ncc(Cl)n3n2)c(=O)[nH]1. The van der Waals surface area contributed by atoms with Crippen LogP contribution in [-0.4, -0.2) is 43.2 Å². The molecule has 2 aliphatic rings. The van der Waals surface area contributed by atoms with Gasteiger partial charge < -0.3 is 9.88 Å². The molecule has 2 N–H and O–H groups in total. The number of halogens is 4. The van der Waals surface area contributed by atoms with Gasteiger partial charge in [0.25, 0.3) is 5.56 Å². The lowest BCUT2D eigenvalue weighted by Gasteiger charge is -2.21. The van der Waals surface area contributed by atoms with Crippen molar-refractivity contribution in [2.45, 2.75) is 44.2 Å². The van der Waals surface area contributed by atoms with Crippen LogP contribution in [0.4, 0.5) is 18.9 Å². The summed E-state index contributed by atoms with van der Waals surface area (Å²) in [7, 11) is 0. The van der Waals surface area contributed by atoms with E-state index in [2.05, 4.69) is 20.1 Å². The van der Waals surface area contributed by atoms with Crippen LogP contribution in [0.1, 0.15) is 43.7 Å². The molecule has 1 aromatic carbocycles. The lowest BCUT2D eigenvalue weighted by atomic mass is 9.86. The summed E-state index contributed by atoms with van der Waals surface area (Å²) in [6, 6.07) is 8.46. The Morgan fingerprint density at radius 2 is 1.87 bits per heavy atom. The Balaban J connectivity index is 0.000000159. The number of anilines is 1. The zero-order chi connectivity index (χ0) is 27.4. The predicted octanol–water partition coefficient (Wildman–Crippen LogP) is 4.18. The fraction of sp³-hybridized carbons (Fsp3) is 0.320. The predicted molar refractivity (Wildman–Crippen MR) is 135 cm³/mol.